The molecule has 108 valence electrons. The van der Waals surface area contributed by atoms with E-state index < -0.39 is 0 Å². The molecular formula is C15H23N5. The first kappa shape index (κ1) is 14.4. The van der Waals surface area contributed by atoms with Gasteiger partial charge in [-0.2, -0.15) is 5.10 Å². The zero-order valence-electron chi connectivity index (χ0n) is 12.5. The van der Waals surface area contributed by atoms with E-state index in [2.05, 4.69) is 51.4 Å². The van der Waals surface area contributed by atoms with Gasteiger partial charge in [-0.15, -0.1) is 0 Å². The summed E-state index contributed by atoms with van der Waals surface area (Å²) in [6.07, 6.45) is 4.72. The van der Waals surface area contributed by atoms with Crippen LogP contribution >= 0.6 is 0 Å². The zero-order valence-corrected chi connectivity index (χ0v) is 12.5. The number of nitrogens with one attached hydrogen (secondary N) is 2. The highest BCUT2D eigenvalue weighted by atomic mass is 15.3. The van der Waals surface area contributed by atoms with E-state index in [1.807, 2.05) is 19.3 Å². The van der Waals surface area contributed by atoms with Gasteiger partial charge in [0.05, 0.1) is 29.5 Å². The third-order valence-corrected chi connectivity index (χ3v) is 3.10. The first-order valence-electron chi connectivity index (χ1n) is 7.13. The maximum atomic E-state index is 4.46. The van der Waals surface area contributed by atoms with Crippen molar-refractivity contribution in [1.82, 2.24) is 14.8 Å². The molecule has 20 heavy (non-hydrogen) atoms. The second kappa shape index (κ2) is 6.93. The van der Waals surface area contributed by atoms with Gasteiger partial charge in [0.2, 0.25) is 0 Å². The van der Waals surface area contributed by atoms with Crippen LogP contribution in [0, 0.1) is 13.8 Å². The minimum Gasteiger partial charge on any atom is -0.384 e. The first-order valence-corrected chi connectivity index (χ1v) is 7.13. The van der Waals surface area contributed by atoms with Crippen molar-refractivity contribution in [2.24, 2.45) is 0 Å². The molecule has 0 atom stereocenters. The van der Waals surface area contributed by atoms with Gasteiger partial charge in [-0.05, 0) is 39.3 Å². The summed E-state index contributed by atoms with van der Waals surface area (Å²) < 4.78 is 2.06. The van der Waals surface area contributed by atoms with Crippen LogP contribution in [-0.2, 0) is 6.54 Å². The standard InChI is InChI=1S/C15H23N5/c1-4-17-14-9-15(11-16-10-14)18-6-5-7-20-13(3)8-12(2)19-20/h8-11,17-18H,4-7H2,1-3H3. The number of rotatable bonds is 7. The van der Waals surface area contributed by atoms with Gasteiger partial charge >= 0.3 is 0 Å². The normalized spacial score (nSPS) is 10.6. The molecule has 0 saturated carbocycles. The smallest absolute Gasteiger partial charge is 0.0596 e. The van der Waals surface area contributed by atoms with Gasteiger partial charge in [-0.25, -0.2) is 0 Å². The van der Waals surface area contributed by atoms with Crippen LogP contribution in [0.25, 0.3) is 0 Å². The lowest BCUT2D eigenvalue weighted by atomic mass is 10.3. The molecule has 0 fully saturated rings. The van der Waals surface area contributed by atoms with Crippen molar-refractivity contribution in [2.45, 2.75) is 33.7 Å². The van der Waals surface area contributed by atoms with Gasteiger partial charge in [-0.3, -0.25) is 9.67 Å². The fourth-order valence-electron chi connectivity index (χ4n) is 2.20. The predicted molar refractivity (Wildman–Crippen MR) is 83.2 cm³/mol. The molecule has 0 spiro atoms. The molecule has 0 aliphatic heterocycles. The Balaban J connectivity index is 1.78. The summed E-state index contributed by atoms with van der Waals surface area (Å²) in [4.78, 5) is 4.22. The fourth-order valence-corrected chi connectivity index (χ4v) is 2.20. The number of nitrogens with zero attached hydrogens (tertiary/aromatic N) is 3. The summed E-state index contributed by atoms with van der Waals surface area (Å²) >= 11 is 0. The van der Waals surface area contributed by atoms with Gasteiger partial charge in [0.1, 0.15) is 0 Å². The molecule has 0 aliphatic carbocycles. The van der Waals surface area contributed by atoms with Crippen molar-refractivity contribution >= 4 is 11.4 Å². The molecule has 0 saturated heterocycles. The Bertz CT molecular complexity index is 547. The van der Waals surface area contributed by atoms with Crippen LogP contribution in [0.4, 0.5) is 11.4 Å². The van der Waals surface area contributed by atoms with Crippen LogP contribution in [0.1, 0.15) is 24.7 Å². The highest BCUT2D eigenvalue weighted by Gasteiger charge is 2.00. The SMILES string of the molecule is CCNc1cncc(NCCCn2nc(C)cc2C)c1. The highest BCUT2D eigenvalue weighted by molar-refractivity contribution is 5.53. The molecule has 0 unspecified atom stereocenters. The maximum Gasteiger partial charge on any atom is 0.0596 e. The van der Waals surface area contributed by atoms with E-state index in [0.717, 1.165) is 43.1 Å². The van der Waals surface area contributed by atoms with Gasteiger partial charge in [0.25, 0.3) is 0 Å². The molecule has 0 radical (unpaired) electrons. The van der Waals surface area contributed by atoms with Crippen molar-refractivity contribution in [2.75, 3.05) is 23.7 Å². The van der Waals surface area contributed by atoms with Crippen LogP contribution in [0.2, 0.25) is 0 Å². The van der Waals surface area contributed by atoms with Gasteiger partial charge in [0, 0.05) is 25.3 Å². The Morgan fingerprint density at radius 3 is 2.50 bits per heavy atom. The van der Waals surface area contributed by atoms with E-state index in [9.17, 15) is 0 Å². The fraction of sp³-hybridized carbons (Fsp3) is 0.467. The van der Waals surface area contributed by atoms with E-state index in [0.29, 0.717) is 0 Å². The minimum absolute atomic E-state index is 0.906. The summed E-state index contributed by atoms with van der Waals surface area (Å²) in [6, 6.07) is 4.19. The molecule has 0 bridgehead atoms. The van der Waals surface area contributed by atoms with Crippen molar-refractivity contribution < 1.29 is 0 Å². The molecule has 5 heteroatoms. The van der Waals surface area contributed by atoms with Gasteiger partial charge < -0.3 is 10.6 Å². The Labute approximate surface area is 120 Å². The summed E-state index contributed by atoms with van der Waals surface area (Å²) in [7, 11) is 0. The molecule has 2 N–H and O–H groups in total. The molecule has 0 amide bonds. The van der Waals surface area contributed by atoms with Gasteiger partial charge in [-0.1, -0.05) is 0 Å². The molecular weight excluding hydrogens is 250 g/mol. The Hall–Kier alpha value is -2.04. The number of aromatic nitrogens is 3. The monoisotopic (exact) mass is 273 g/mol. The first-order chi connectivity index (χ1) is 9.69. The molecule has 0 aromatic carbocycles. The lowest BCUT2D eigenvalue weighted by Crippen LogP contribution is -2.09. The Morgan fingerprint density at radius 1 is 1.10 bits per heavy atom. The van der Waals surface area contributed by atoms with Crippen LogP contribution in [0.3, 0.4) is 0 Å². The molecule has 2 heterocycles. The minimum atomic E-state index is 0.906. The average Bonchev–Trinajstić information content (AvgIpc) is 2.74. The summed E-state index contributed by atoms with van der Waals surface area (Å²) in [5.74, 6) is 0. The van der Waals surface area contributed by atoms with Crippen molar-refractivity contribution in [3.63, 3.8) is 0 Å². The maximum absolute atomic E-state index is 4.46. The second-order valence-electron chi connectivity index (χ2n) is 4.92. The molecule has 0 aliphatic rings. The van der Waals surface area contributed by atoms with Gasteiger partial charge in [0.15, 0.2) is 0 Å². The number of hydrogen-bond donors (Lipinski definition) is 2. The Morgan fingerprint density at radius 2 is 1.85 bits per heavy atom. The molecule has 2 aromatic rings. The van der Waals surface area contributed by atoms with E-state index in [4.69, 9.17) is 0 Å². The van der Waals surface area contributed by atoms with E-state index in [-0.39, 0.29) is 0 Å². The van der Waals surface area contributed by atoms with Crippen LogP contribution in [-0.4, -0.2) is 27.9 Å². The average molecular weight is 273 g/mol. The highest BCUT2D eigenvalue weighted by Crippen LogP contribution is 2.12. The molecule has 5 nitrogen and oxygen atoms in total. The molecule has 2 rings (SSSR count). The summed E-state index contributed by atoms with van der Waals surface area (Å²) in [5.41, 5.74) is 4.41. The summed E-state index contributed by atoms with van der Waals surface area (Å²) in [6.45, 7) is 8.96. The number of pyridine rings is 1. The lowest BCUT2D eigenvalue weighted by molar-refractivity contribution is 0.574. The lowest BCUT2D eigenvalue weighted by Gasteiger charge is -2.09. The van der Waals surface area contributed by atoms with Crippen molar-refractivity contribution in [3.05, 3.63) is 35.9 Å². The largest absolute Gasteiger partial charge is 0.384 e. The third-order valence-electron chi connectivity index (χ3n) is 3.10. The third kappa shape index (κ3) is 3.98. The number of aryl methyl sites for hydroxylation is 3. The van der Waals surface area contributed by atoms with E-state index in [1.165, 1.54) is 5.69 Å². The predicted octanol–water partition coefficient (Wildman–Crippen LogP) is 2.83. The van der Waals surface area contributed by atoms with E-state index >= 15 is 0 Å². The number of hydrogen-bond acceptors (Lipinski definition) is 4. The Kier molecular flexibility index (Phi) is 4.98. The second-order valence-corrected chi connectivity index (χ2v) is 4.92. The van der Waals surface area contributed by atoms with E-state index in [1.54, 1.807) is 0 Å². The quantitative estimate of drug-likeness (QED) is 0.762. The van der Waals surface area contributed by atoms with Crippen LogP contribution < -0.4 is 10.6 Å². The topological polar surface area (TPSA) is 54.8 Å². The number of anilines is 2. The van der Waals surface area contributed by atoms with Crippen LogP contribution in [0.5, 0.6) is 0 Å². The summed E-state index contributed by atoms with van der Waals surface area (Å²) in [5, 5.41) is 11.1. The molecule has 2 aromatic heterocycles. The zero-order chi connectivity index (χ0) is 14.4. The van der Waals surface area contributed by atoms with Crippen molar-refractivity contribution in [3.8, 4) is 0 Å². The van der Waals surface area contributed by atoms with Crippen molar-refractivity contribution in [1.29, 1.82) is 0 Å². The van der Waals surface area contributed by atoms with Crippen LogP contribution in [0.15, 0.2) is 24.5 Å².